The molecule has 11 aromatic rings. The Morgan fingerprint density at radius 1 is 0.810 bits per heavy atom. The van der Waals surface area contributed by atoms with Gasteiger partial charge in [-0.25, -0.2) is 24.0 Å². The summed E-state index contributed by atoms with van der Waals surface area (Å²) in [5.74, 6) is 0.182. The average molecular weight is 877 g/mol. The lowest BCUT2D eigenvalue weighted by atomic mass is 10.1. The number of ketones is 1. The van der Waals surface area contributed by atoms with Crippen LogP contribution in [-0.2, 0) is 27.2 Å². The number of aromatic nitrogens is 12. The van der Waals surface area contributed by atoms with E-state index in [9.17, 15) is 24.6 Å². The number of nitrogens with zero attached hydrogens (tertiary/aromatic N) is 11. The van der Waals surface area contributed by atoms with Gasteiger partial charge in [0.05, 0.1) is 59.4 Å². The largest absolute Gasteiger partial charge is 0.508 e. The van der Waals surface area contributed by atoms with Gasteiger partial charge in [-0.2, -0.15) is 20.4 Å². The first-order valence-electron chi connectivity index (χ1n) is 19.4. The first-order chi connectivity index (χ1) is 30.6. The molecule has 1 atom stereocenters. The number of carbonyl (C=O) groups excluding carboxylic acids is 1. The monoisotopic (exact) mass is 876 g/mol. The highest BCUT2D eigenvalue weighted by Crippen LogP contribution is 2.36. The minimum Gasteiger partial charge on any atom is -0.508 e. The quantitative estimate of drug-likeness (QED) is 0.151. The molecule has 18 nitrogen and oxygen atoms in total. The summed E-state index contributed by atoms with van der Waals surface area (Å²) in [6.45, 7) is 0.335. The van der Waals surface area contributed by atoms with Crippen molar-refractivity contribution < 1.29 is 19.7 Å². The van der Waals surface area contributed by atoms with E-state index < -0.39 is 6.10 Å². The maximum Gasteiger partial charge on any atom is 0.291 e. The zero-order valence-electron chi connectivity index (χ0n) is 33.4. The van der Waals surface area contributed by atoms with Crippen molar-refractivity contribution in [3.63, 3.8) is 0 Å². The summed E-state index contributed by atoms with van der Waals surface area (Å²) in [6.07, 6.45) is 5.67. The SMILES string of the molecule is COc1cc(Cn2ncc3c4sc(C(=O)c5cccc(O)c5)nc4n(C)c3c2=O)ccc1-n1ncc2c(Cn3ncc4c5sc(C(O)c6cc[nH]n6)nc5n(C)c4c3=O)cccc21. The molecule has 0 radical (unpaired) electrons. The summed E-state index contributed by atoms with van der Waals surface area (Å²) in [6, 6.07) is 19.2. The molecule has 0 saturated carbocycles. The third kappa shape index (κ3) is 5.97. The number of hydrogen-bond acceptors (Lipinski definition) is 14. The van der Waals surface area contributed by atoms with Gasteiger partial charge in [-0.15, -0.1) is 22.7 Å². The number of aliphatic hydroxyl groups is 1. The molecule has 0 saturated heterocycles. The van der Waals surface area contributed by atoms with Gasteiger partial charge < -0.3 is 24.1 Å². The van der Waals surface area contributed by atoms with Gasteiger partial charge in [0.25, 0.3) is 11.1 Å². The molecule has 0 bridgehead atoms. The molecule has 0 aliphatic carbocycles. The molecule has 1 unspecified atom stereocenters. The second kappa shape index (κ2) is 14.4. The van der Waals surface area contributed by atoms with Crippen molar-refractivity contribution in [2.45, 2.75) is 19.2 Å². The molecule has 0 aliphatic heterocycles. The molecule has 3 aromatic carbocycles. The van der Waals surface area contributed by atoms with Crippen molar-refractivity contribution in [1.82, 2.24) is 58.6 Å². The zero-order valence-corrected chi connectivity index (χ0v) is 35.0. The van der Waals surface area contributed by atoms with Crippen LogP contribution in [0.5, 0.6) is 11.5 Å². The van der Waals surface area contributed by atoms with Crippen LogP contribution in [0.15, 0.2) is 101 Å². The number of phenolic OH excluding ortho intramolecular Hbond substituents is 1. The standard InChI is InChI=1S/C43H32N12O6S2/c1-51-32-26(36-38(51)48-40(62-36)34(57)22-6-4-8-24(56)15-22)17-45-53(42(32)59)19-21-10-11-30(31(14-21)61-3)55-29-9-5-7-23(25(29)16-47-55)20-54-43(60)33-27(18-46-54)37-39(52(33)2)49-41(63-37)35(58)28-12-13-44-50-28/h4-18,35,56,58H,19-20H2,1-3H3,(H,44,50). The minimum atomic E-state index is -0.997. The molecule has 0 amide bonds. The highest BCUT2D eigenvalue weighted by Gasteiger charge is 2.25. The third-order valence-electron chi connectivity index (χ3n) is 11.2. The normalized spacial score (nSPS) is 12.4. The number of aromatic hydroxyl groups is 1. The molecule has 0 aliphatic rings. The fourth-order valence-corrected chi connectivity index (χ4v) is 10.3. The Kier molecular flexibility index (Phi) is 8.72. The zero-order chi connectivity index (χ0) is 43.3. The van der Waals surface area contributed by atoms with E-state index in [4.69, 9.17) is 9.84 Å². The first kappa shape index (κ1) is 38.1. The molecule has 20 heteroatoms. The van der Waals surface area contributed by atoms with E-state index in [2.05, 4.69) is 30.4 Å². The third-order valence-corrected chi connectivity index (χ3v) is 13.4. The van der Waals surface area contributed by atoms with Crippen LogP contribution < -0.4 is 15.9 Å². The van der Waals surface area contributed by atoms with Crippen molar-refractivity contribution in [2.24, 2.45) is 14.1 Å². The molecule has 0 fully saturated rings. The predicted molar refractivity (Wildman–Crippen MR) is 236 cm³/mol. The number of methoxy groups -OCH3 is 1. The Balaban J connectivity index is 0.870. The van der Waals surface area contributed by atoms with Crippen molar-refractivity contribution in [1.29, 1.82) is 0 Å². The number of carbonyl (C=O) groups is 1. The number of benzene rings is 3. The van der Waals surface area contributed by atoms with Gasteiger partial charge in [0.2, 0.25) is 5.78 Å². The fourth-order valence-electron chi connectivity index (χ4n) is 8.13. The Bertz CT molecular complexity index is 3780. The average Bonchev–Trinajstić information content (AvgIpc) is 4.16. The summed E-state index contributed by atoms with van der Waals surface area (Å²) >= 11 is 2.48. The molecular weight excluding hydrogens is 845 g/mol. The molecule has 3 N–H and O–H groups in total. The van der Waals surface area contributed by atoms with Gasteiger partial charge in [-0.1, -0.05) is 30.3 Å². The fraction of sp³-hybridized carbons (Fsp3) is 0.140. The number of thiazole rings is 2. The van der Waals surface area contributed by atoms with Gasteiger partial charge in [0, 0.05) is 42.0 Å². The smallest absolute Gasteiger partial charge is 0.291 e. The summed E-state index contributed by atoms with van der Waals surface area (Å²) in [4.78, 5) is 50.2. The predicted octanol–water partition coefficient (Wildman–Crippen LogP) is 5.19. The second-order valence-electron chi connectivity index (χ2n) is 14.9. The van der Waals surface area contributed by atoms with Gasteiger partial charge >= 0.3 is 0 Å². The van der Waals surface area contributed by atoms with Gasteiger partial charge in [0.1, 0.15) is 39.3 Å². The molecule has 0 spiro atoms. The van der Waals surface area contributed by atoms with Crippen molar-refractivity contribution in [3.05, 3.63) is 145 Å². The number of hydrogen-bond donors (Lipinski definition) is 3. The lowest BCUT2D eigenvalue weighted by molar-refractivity contribution is 0.103. The Hall–Kier alpha value is -7.81. The Morgan fingerprint density at radius 2 is 1.51 bits per heavy atom. The number of aliphatic hydroxyl groups excluding tert-OH is 1. The van der Waals surface area contributed by atoms with Crippen LogP contribution >= 0.6 is 22.7 Å². The van der Waals surface area contributed by atoms with Crippen LogP contribution in [-0.4, -0.2) is 81.7 Å². The van der Waals surface area contributed by atoms with E-state index in [1.165, 1.54) is 44.2 Å². The van der Waals surface area contributed by atoms with Crippen molar-refractivity contribution in [3.8, 4) is 17.2 Å². The van der Waals surface area contributed by atoms with E-state index in [0.717, 1.165) is 26.7 Å². The summed E-state index contributed by atoms with van der Waals surface area (Å²) in [7, 11) is 5.09. The Morgan fingerprint density at radius 3 is 2.22 bits per heavy atom. The van der Waals surface area contributed by atoms with Crippen LogP contribution in [0.25, 0.3) is 59.1 Å². The molecular formula is C43H32N12O6S2. The lowest BCUT2D eigenvalue weighted by Gasteiger charge is -2.13. The molecule has 8 heterocycles. The number of fused-ring (bicyclic) bond motifs is 7. The Labute approximate surface area is 361 Å². The number of aromatic amines is 1. The van der Waals surface area contributed by atoms with Crippen LogP contribution in [0.1, 0.15) is 43.3 Å². The number of phenols is 1. The highest BCUT2D eigenvalue weighted by molar-refractivity contribution is 7.21. The van der Waals surface area contributed by atoms with Crippen LogP contribution in [0.3, 0.4) is 0 Å². The van der Waals surface area contributed by atoms with E-state index in [1.54, 1.807) is 78.0 Å². The topological polar surface area (TPSA) is 219 Å². The van der Waals surface area contributed by atoms with Gasteiger partial charge in [-0.3, -0.25) is 19.5 Å². The van der Waals surface area contributed by atoms with E-state index >= 15 is 0 Å². The van der Waals surface area contributed by atoms with Crippen LogP contribution in [0.4, 0.5) is 0 Å². The van der Waals surface area contributed by atoms with E-state index in [0.29, 0.717) is 65.5 Å². The number of rotatable bonds is 10. The van der Waals surface area contributed by atoms with Gasteiger partial charge in [-0.05, 0) is 47.5 Å². The highest BCUT2D eigenvalue weighted by atomic mass is 32.1. The lowest BCUT2D eigenvalue weighted by Crippen LogP contribution is -2.24. The molecule has 8 aromatic heterocycles. The van der Waals surface area contributed by atoms with E-state index in [-0.39, 0.29) is 40.7 Å². The second-order valence-corrected chi connectivity index (χ2v) is 17.0. The van der Waals surface area contributed by atoms with Crippen LogP contribution in [0.2, 0.25) is 0 Å². The molecule has 63 heavy (non-hydrogen) atoms. The number of H-pyrrole nitrogens is 1. The summed E-state index contributed by atoms with van der Waals surface area (Å²) in [5, 5.41) is 44.0. The number of nitrogens with one attached hydrogen (secondary N) is 1. The maximum atomic E-state index is 14.0. The number of aryl methyl sites for hydroxylation is 2. The molecule has 11 rings (SSSR count). The number of ether oxygens (including phenoxy) is 1. The maximum absolute atomic E-state index is 14.0. The first-order valence-corrected chi connectivity index (χ1v) is 21.1. The van der Waals surface area contributed by atoms with Crippen LogP contribution in [0, 0.1) is 0 Å². The van der Waals surface area contributed by atoms with Crippen molar-refractivity contribution >= 4 is 81.9 Å². The van der Waals surface area contributed by atoms with E-state index in [1.807, 2.05) is 36.4 Å². The van der Waals surface area contributed by atoms with Gasteiger partial charge in [0.15, 0.2) is 16.3 Å². The molecule has 312 valence electrons. The summed E-state index contributed by atoms with van der Waals surface area (Å²) < 4.78 is 15.3. The van der Waals surface area contributed by atoms with Crippen molar-refractivity contribution in [2.75, 3.05) is 7.11 Å². The summed E-state index contributed by atoms with van der Waals surface area (Å²) in [5.41, 5.74) is 5.16. The minimum absolute atomic E-state index is 0.0136.